The third-order valence-electron chi connectivity index (χ3n) is 6.59. The molecule has 2 aromatic carbocycles. The summed E-state index contributed by atoms with van der Waals surface area (Å²) in [6.45, 7) is 1.96. The number of aromatic nitrogens is 2. The summed E-state index contributed by atoms with van der Waals surface area (Å²) in [5.41, 5.74) is 6.04. The second-order valence-corrected chi connectivity index (χ2v) is 8.59. The van der Waals surface area contributed by atoms with Gasteiger partial charge in [-0.15, -0.1) is 0 Å². The van der Waals surface area contributed by atoms with Crippen molar-refractivity contribution >= 4 is 22.1 Å². The van der Waals surface area contributed by atoms with Crippen LogP contribution >= 0.6 is 0 Å². The van der Waals surface area contributed by atoms with E-state index < -0.39 is 11.8 Å². The third kappa shape index (κ3) is 3.38. The number of furan rings is 1. The third-order valence-corrected chi connectivity index (χ3v) is 6.59. The predicted molar refractivity (Wildman–Crippen MR) is 130 cm³/mol. The molecule has 6 rings (SSSR count). The summed E-state index contributed by atoms with van der Waals surface area (Å²) in [6.07, 6.45) is 4.43. The van der Waals surface area contributed by atoms with Crippen LogP contribution in [0.2, 0.25) is 0 Å². The SMILES string of the molecule is [2H]C1(c2ccccc2)CCC([2H])(c2ccnc(-c3cccc4c3oc3nc(C)ccc34)c2)CC1. The predicted octanol–water partition coefficient (Wildman–Crippen LogP) is 7.79. The van der Waals surface area contributed by atoms with Gasteiger partial charge in [-0.05, 0) is 85.9 Å². The Balaban J connectivity index is 1.36. The van der Waals surface area contributed by atoms with Crippen LogP contribution in [0.4, 0.5) is 0 Å². The molecule has 0 amide bonds. The highest BCUT2D eigenvalue weighted by atomic mass is 16.3. The van der Waals surface area contributed by atoms with E-state index in [0.717, 1.165) is 44.4 Å². The van der Waals surface area contributed by atoms with E-state index in [9.17, 15) is 1.37 Å². The molecule has 1 saturated carbocycles. The minimum absolute atomic E-state index is 0.618. The van der Waals surface area contributed by atoms with E-state index in [4.69, 9.17) is 5.79 Å². The van der Waals surface area contributed by atoms with Crippen LogP contribution in [-0.2, 0) is 0 Å². The largest absolute Gasteiger partial charge is 0.437 e. The van der Waals surface area contributed by atoms with Gasteiger partial charge in [0.1, 0.15) is 5.58 Å². The summed E-state index contributed by atoms with van der Waals surface area (Å²) >= 11 is 0. The van der Waals surface area contributed by atoms with Crippen LogP contribution in [-0.4, -0.2) is 9.97 Å². The van der Waals surface area contributed by atoms with Crippen molar-refractivity contribution in [1.82, 2.24) is 9.97 Å². The zero-order valence-electron chi connectivity index (χ0n) is 20.1. The van der Waals surface area contributed by atoms with Gasteiger partial charge in [-0.3, -0.25) is 4.98 Å². The first-order chi connectivity index (χ1) is 16.5. The molecule has 3 nitrogen and oxygen atoms in total. The number of rotatable bonds is 3. The maximum atomic E-state index is 9.29. The maximum absolute atomic E-state index is 9.29. The lowest BCUT2D eigenvalue weighted by atomic mass is 9.76. The van der Waals surface area contributed by atoms with E-state index in [1.54, 1.807) is 6.20 Å². The lowest BCUT2D eigenvalue weighted by Gasteiger charge is -2.29. The topological polar surface area (TPSA) is 38.9 Å². The van der Waals surface area contributed by atoms with E-state index >= 15 is 0 Å². The first-order valence-electron chi connectivity index (χ1n) is 12.3. The Bertz CT molecular complexity index is 1500. The normalized spacial score (nSPS) is 24.4. The molecule has 0 atom stereocenters. The molecule has 0 bridgehead atoms. The van der Waals surface area contributed by atoms with Crippen LogP contribution < -0.4 is 0 Å². The smallest absolute Gasteiger partial charge is 0.227 e. The van der Waals surface area contributed by atoms with Crippen LogP contribution in [0.25, 0.3) is 33.3 Å². The average Bonchev–Trinajstić information content (AvgIpc) is 3.24. The van der Waals surface area contributed by atoms with E-state index in [1.165, 1.54) is 0 Å². The fourth-order valence-corrected chi connectivity index (χ4v) is 4.88. The molecule has 3 aromatic heterocycles. The quantitative estimate of drug-likeness (QED) is 0.299. The summed E-state index contributed by atoms with van der Waals surface area (Å²) in [5, 5.41) is 2.02. The molecular formula is C29H26N2O. The Hall–Kier alpha value is -3.46. The van der Waals surface area contributed by atoms with Gasteiger partial charge in [-0.2, -0.15) is 0 Å². The molecule has 1 fully saturated rings. The van der Waals surface area contributed by atoms with Gasteiger partial charge in [-0.25, -0.2) is 4.98 Å². The zero-order chi connectivity index (χ0) is 23.3. The standard InChI is InChI=1S/C29H26N2O/c1-19-10-15-25-24-8-5-9-26(28(24)32-29(25)31-19)27-18-23(16-17-30-27)22-13-11-21(12-14-22)20-6-3-2-4-7-20/h2-10,15-18,21-22H,11-14H2,1H3/i21D,22D. The van der Waals surface area contributed by atoms with Crippen molar-refractivity contribution in [3.63, 3.8) is 0 Å². The molecule has 3 heteroatoms. The van der Waals surface area contributed by atoms with Crippen molar-refractivity contribution < 1.29 is 7.16 Å². The number of fused-ring (bicyclic) bond motifs is 3. The molecule has 1 aliphatic rings. The molecular weight excluding hydrogens is 392 g/mol. The highest BCUT2D eigenvalue weighted by molar-refractivity contribution is 6.08. The van der Waals surface area contributed by atoms with Crippen molar-refractivity contribution in [2.45, 2.75) is 44.4 Å². The number of aryl methyl sites for hydroxylation is 1. The van der Waals surface area contributed by atoms with Crippen molar-refractivity contribution in [2.24, 2.45) is 0 Å². The second kappa shape index (κ2) is 7.90. The summed E-state index contributed by atoms with van der Waals surface area (Å²) < 4.78 is 24.5. The van der Waals surface area contributed by atoms with Crippen LogP contribution in [0.15, 0.2) is 83.4 Å². The number of para-hydroxylation sites is 1. The van der Waals surface area contributed by atoms with Gasteiger partial charge >= 0.3 is 0 Å². The summed E-state index contributed by atoms with van der Waals surface area (Å²) in [7, 11) is 0. The molecule has 158 valence electrons. The van der Waals surface area contributed by atoms with Crippen LogP contribution in [0.1, 0.15) is 57.0 Å². The number of benzene rings is 2. The molecule has 0 unspecified atom stereocenters. The van der Waals surface area contributed by atoms with E-state index in [1.807, 2.05) is 67.6 Å². The average molecular weight is 421 g/mol. The van der Waals surface area contributed by atoms with Gasteiger partial charge in [0.15, 0.2) is 0 Å². The molecule has 3 heterocycles. The van der Waals surface area contributed by atoms with Crippen molar-refractivity contribution in [3.8, 4) is 11.3 Å². The summed E-state index contributed by atoms with van der Waals surface area (Å²) in [4.78, 5) is 9.20. The molecule has 0 aliphatic heterocycles. The minimum atomic E-state index is -0.725. The highest BCUT2D eigenvalue weighted by Gasteiger charge is 2.24. The lowest BCUT2D eigenvalue weighted by molar-refractivity contribution is 0.396. The maximum Gasteiger partial charge on any atom is 0.227 e. The molecule has 5 aromatic rings. The van der Waals surface area contributed by atoms with Gasteiger partial charge in [0.25, 0.3) is 0 Å². The first-order valence-corrected chi connectivity index (χ1v) is 11.3. The van der Waals surface area contributed by atoms with Crippen molar-refractivity contribution in [2.75, 3.05) is 0 Å². The molecule has 1 aliphatic carbocycles. The number of hydrogen-bond acceptors (Lipinski definition) is 3. The molecule has 0 N–H and O–H groups in total. The van der Waals surface area contributed by atoms with Gasteiger partial charge in [-0.1, -0.05) is 42.5 Å². The summed E-state index contributed by atoms with van der Waals surface area (Å²) in [6, 6.07) is 24.2. The van der Waals surface area contributed by atoms with Gasteiger partial charge in [0.2, 0.25) is 5.71 Å². The summed E-state index contributed by atoms with van der Waals surface area (Å²) in [5.74, 6) is -1.34. The fraction of sp³-hybridized carbons (Fsp3) is 0.241. The van der Waals surface area contributed by atoms with Gasteiger partial charge in [0, 0.05) is 31.0 Å². The minimum Gasteiger partial charge on any atom is -0.437 e. The second-order valence-electron chi connectivity index (χ2n) is 8.59. The fourth-order valence-electron chi connectivity index (χ4n) is 4.88. The van der Waals surface area contributed by atoms with Crippen molar-refractivity contribution in [1.29, 1.82) is 0 Å². The first kappa shape index (κ1) is 17.1. The highest BCUT2D eigenvalue weighted by Crippen LogP contribution is 2.41. The van der Waals surface area contributed by atoms with E-state index in [0.29, 0.717) is 31.4 Å². The Kier molecular flexibility index (Phi) is 4.23. The Morgan fingerprint density at radius 3 is 2.41 bits per heavy atom. The van der Waals surface area contributed by atoms with Crippen molar-refractivity contribution in [3.05, 3.63) is 95.8 Å². The Morgan fingerprint density at radius 1 is 0.812 bits per heavy atom. The Labute approximate surface area is 191 Å². The van der Waals surface area contributed by atoms with E-state index in [-0.39, 0.29) is 0 Å². The van der Waals surface area contributed by atoms with Crippen LogP contribution in [0.3, 0.4) is 0 Å². The zero-order valence-corrected chi connectivity index (χ0v) is 18.1. The van der Waals surface area contributed by atoms with Crippen LogP contribution in [0, 0.1) is 6.92 Å². The molecule has 0 saturated heterocycles. The van der Waals surface area contributed by atoms with Crippen LogP contribution in [0.5, 0.6) is 0 Å². The monoisotopic (exact) mass is 420 g/mol. The molecule has 32 heavy (non-hydrogen) atoms. The number of pyridine rings is 2. The van der Waals surface area contributed by atoms with E-state index in [2.05, 4.69) is 22.1 Å². The van der Waals surface area contributed by atoms with Gasteiger partial charge in [0.05, 0.1) is 5.69 Å². The number of nitrogens with zero attached hydrogens (tertiary/aromatic N) is 2. The Morgan fingerprint density at radius 2 is 1.59 bits per heavy atom. The lowest BCUT2D eigenvalue weighted by Crippen LogP contribution is -2.12. The number of hydrogen-bond donors (Lipinski definition) is 0. The van der Waals surface area contributed by atoms with Gasteiger partial charge < -0.3 is 4.42 Å². The molecule has 0 spiro atoms. The molecule has 0 radical (unpaired) electrons.